The van der Waals surface area contributed by atoms with Crippen molar-refractivity contribution in [2.24, 2.45) is 0 Å². The number of aliphatic hydroxyl groups is 1. The summed E-state index contributed by atoms with van der Waals surface area (Å²) in [5.41, 5.74) is 0. The van der Waals surface area contributed by atoms with E-state index in [1.54, 1.807) is 7.11 Å². The zero-order valence-electron chi connectivity index (χ0n) is 13.2. The van der Waals surface area contributed by atoms with Crippen LogP contribution in [0.15, 0.2) is 24.3 Å². The molecule has 4 nitrogen and oxygen atoms in total. The molecule has 114 valence electrons. The number of hydrogen-bond donors (Lipinski definition) is 1. The molecule has 0 amide bonds. The van der Waals surface area contributed by atoms with Gasteiger partial charge in [-0.15, -0.1) is 0 Å². The maximum absolute atomic E-state index is 10.1. The Morgan fingerprint density at radius 1 is 1.00 bits per heavy atom. The summed E-state index contributed by atoms with van der Waals surface area (Å²) in [7, 11) is 1.63. The number of ether oxygens (including phenoxy) is 2. The highest BCUT2D eigenvalue weighted by molar-refractivity contribution is 5.31. The van der Waals surface area contributed by atoms with Crippen molar-refractivity contribution in [2.75, 3.05) is 20.3 Å². The van der Waals surface area contributed by atoms with E-state index >= 15 is 0 Å². The summed E-state index contributed by atoms with van der Waals surface area (Å²) >= 11 is 0. The fraction of sp³-hybridized carbons (Fsp3) is 0.625. The van der Waals surface area contributed by atoms with E-state index in [4.69, 9.17) is 9.47 Å². The maximum atomic E-state index is 10.1. The predicted octanol–water partition coefficient (Wildman–Crippen LogP) is 2.55. The van der Waals surface area contributed by atoms with Gasteiger partial charge in [0.15, 0.2) is 0 Å². The second-order valence-electron chi connectivity index (χ2n) is 5.52. The molecule has 1 rings (SSSR count). The summed E-state index contributed by atoms with van der Waals surface area (Å²) in [5, 5.41) is 10.1. The quantitative estimate of drug-likeness (QED) is 0.795. The predicted molar refractivity (Wildman–Crippen MR) is 81.5 cm³/mol. The van der Waals surface area contributed by atoms with Gasteiger partial charge in [0.05, 0.1) is 7.11 Å². The SMILES string of the molecule is COc1ccc(OC[C@H](O)CN(C(C)C)C(C)C)cc1. The third-order valence-corrected chi connectivity index (χ3v) is 3.25. The van der Waals surface area contributed by atoms with Crippen molar-refractivity contribution in [3.8, 4) is 11.5 Å². The van der Waals surface area contributed by atoms with E-state index in [1.807, 2.05) is 24.3 Å². The Kier molecular flexibility index (Phi) is 6.82. The molecule has 0 spiro atoms. The highest BCUT2D eigenvalue weighted by Gasteiger charge is 2.17. The Bertz CT molecular complexity index is 368. The van der Waals surface area contributed by atoms with Gasteiger partial charge in [-0.1, -0.05) is 0 Å². The van der Waals surface area contributed by atoms with Crippen molar-refractivity contribution in [3.63, 3.8) is 0 Å². The molecule has 0 heterocycles. The van der Waals surface area contributed by atoms with E-state index < -0.39 is 6.10 Å². The molecule has 4 heteroatoms. The van der Waals surface area contributed by atoms with Crippen molar-refractivity contribution in [1.82, 2.24) is 4.90 Å². The second-order valence-corrected chi connectivity index (χ2v) is 5.52. The minimum atomic E-state index is -0.498. The molecule has 0 radical (unpaired) electrons. The lowest BCUT2D eigenvalue weighted by Crippen LogP contribution is -2.43. The lowest BCUT2D eigenvalue weighted by atomic mass is 10.2. The molecule has 20 heavy (non-hydrogen) atoms. The summed E-state index contributed by atoms with van der Waals surface area (Å²) in [6.45, 7) is 9.45. The molecule has 1 N–H and O–H groups in total. The van der Waals surface area contributed by atoms with Crippen molar-refractivity contribution < 1.29 is 14.6 Å². The normalized spacial score (nSPS) is 13.1. The third kappa shape index (κ3) is 5.39. The molecule has 0 saturated carbocycles. The molecule has 0 saturated heterocycles. The molecule has 0 fully saturated rings. The summed E-state index contributed by atoms with van der Waals surface area (Å²) in [6, 6.07) is 8.19. The van der Waals surface area contributed by atoms with E-state index in [1.165, 1.54) is 0 Å². The molecule has 1 aromatic carbocycles. The number of nitrogens with zero attached hydrogens (tertiary/aromatic N) is 1. The van der Waals surface area contributed by atoms with Gasteiger partial charge in [0.1, 0.15) is 24.2 Å². The summed E-state index contributed by atoms with van der Waals surface area (Å²) in [5.74, 6) is 1.54. The van der Waals surface area contributed by atoms with Crippen LogP contribution in [0.1, 0.15) is 27.7 Å². The summed E-state index contributed by atoms with van der Waals surface area (Å²) < 4.78 is 10.7. The lowest BCUT2D eigenvalue weighted by Gasteiger charge is -2.32. The van der Waals surface area contributed by atoms with Crippen LogP contribution >= 0.6 is 0 Å². The Labute approximate surface area is 122 Å². The first-order valence-corrected chi connectivity index (χ1v) is 7.14. The van der Waals surface area contributed by atoms with Gasteiger partial charge in [0.2, 0.25) is 0 Å². The van der Waals surface area contributed by atoms with Crippen LogP contribution in [0.3, 0.4) is 0 Å². The minimum Gasteiger partial charge on any atom is -0.497 e. The number of aliphatic hydroxyl groups excluding tert-OH is 1. The molecule has 0 aromatic heterocycles. The van der Waals surface area contributed by atoms with E-state index in [9.17, 15) is 5.11 Å². The number of benzene rings is 1. The van der Waals surface area contributed by atoms with Gasteiger partial charge in [0.25, 0.3) is 0 Å². The van der Waals surface area contributed by atoms with Crippen LogP contribution in [0.2, 0.25) is 0 Å². The number of rotatable bonds is 8. The largest absolute Gasteiger partial charge is 0.497 e. The number of methoxy groups -OCH3 is 1. The number of hydrogen-bond acceptors (Lipinski definition) is 4. The van der Waals surface area contributed by atoms with Gasteiger partial charge in [-0.25, -0.2) is 0 Å². The van der Waals surface area contributed by atoms with Crippen molar-refractivity contribution in [3.05, 3.63) is 24.3 Å². The molecule has 0 aliphatic heterocycles. The Morgan fingerprint density at radius 2 is 1.50 bits per heavy atom. The van der Waals surface area contributed by atoms with E-state index in [2.05, 4.69) is 32.6 Å². The van der Waals surface area contributed by atoms with Gasteiger partial charge in [-0.2, -0.15) is 0 Å². The molecule has 1 atom stereocenters. The molecular weight excluding hydrogens is 254 g/mol. The first-order chi connectivity index (χ1) is 9.43. The minimum absolute atomic E-state index is 0.294. The Morgan fingerprint density at radius 3 is 1.95 bits per heavy atom. The first-order valence-electron chi connectivity index (χ1n) is 7.14. The van der Waals surface area contributed by atoms with Crippen molar-refractivity contribution >= 4 is 0 Å². The topological polar surface area (TPSA) is 41.9 Å². The highest BCUT2D eigenvalue weighted by Crippen LogP contribution is 2.17. The highest BCUT2D eigenvalue weighted by atomic mass is 16.5. The van der Waals surface area contributed by atoms with Gasteiger partial charge in [-0.05, 0) is 52.0 Å². The van der Waals surface area contributed by atoms with Gasteiger partial charge in [-0.3, -0.25) is 4.90 Å². The van der Waals surface area contributed by atoms with E-state index in [0.717, 1.165) is 11.5 Å². The fourth-order valence-corrected chi connectivity index (χ4v) is 2.18. The summed E-state index contributed by atoms with van der Waals surface area (Å²) in [4.78, 5) is 2.25. The zero-order valence-corrected chi connectivity index (χ0v) is 13.2. The molecule has 0 aliphatic rings. The molecule has 0 unspecified atom stereocenters. The fourth-order valence-electron chi connectivity index (χ4n) is 2.18. The van der Waals surface area contributed by atoms with Crippen molar-refractivity contribution in [1.29, 1.82) is 0 Å². The van der Waals surface area contributed by atoms with Crippen LogP contribution in [-0.2, 0) is 0 Å². The second kappa shape index (κ2) is 8.12. The Balaban J connectivity index is 2.43. The first kappa shape index (κ1) is 16.8. The van der Waals surface area contributed by atoms with Crippen molar-refractivity contribution in [2.45, 2.75) is 45.9 Å². The lowest BCUT2D eigenvalue weighted by molar-refractivity contribution is 0.0445. The van der Waals surface area contributed by atoms with Crippen LogP contribution in [-0.4, -0.2) is 48.5 Å². The van der Waals surface area contributed by atoms with E-state index in [0.29, 0.717) is 25.2 Å². The molecule has 1 aromatic rings. The third-order valence-electron chi connectivity index (χ3n) is 3.25. The maximum Gasteiger partial charge on any atom is 0.119 e. The van der Waals surface area contributed by atoms with Gasteiger partial charge in [0, 0.05) is 18.6 Å². The van der Waals surface area contributed by atoms with Crippen LogP contribution in [0.25, 0.3) is 0 Å². The average molecular weight is 281 g/mol. The molecule has 0 aliphatic carbocycles. The standard InChI is InChI=1S/C16H27NO3/c1-12(2)17(13(3)4)10-14(18)11-20-16-8-6-15(19-5)7-9-16/h6-9,12-14,18H,10-11H2,1-5H3/t14-/m1/s1. The van der Waals surface area contributed by atoms with Gasteiger partial charge < -0.3 is 14.6 Å². The van der Waals surface area contributed by atoms with Crippen LogP contribution in [0.4, 0.5) is 0 Å². The van der Waals surface area contributed by atoms with Crippen LogP contribution in [0, 0.1) is 0 Å². The van der Waals surface area contributed by atoms with Gasteiger partial charge >= 0.3 is 0 Å². The van der Waals surface area contributed by atoms with Crippen LogP contribution in [0.5, 0.6) is 11.5 Å². The Hall–Kier alpha value is -1.26. The summed E-state index contributed by atoms with van der Waals surface area (Å²) in [6.07, 6.45) is -0.498. The van der Waals surface area contributed by atoms with Crippen LogP contribution < -0.4 is 9.47 Å². The average Bonchev–Trinajstić information content (AvgIpc) is 2.42. The monoisotopic (exact) mass is 281 g/mol. The van der Waals surface area contributed by atoms with E-state index in [-0.39, 0.29) is 0 Å². The smallest absolute Gasteiger partial charge is 0.119 e. The zero-order chi connectivity index (χ0) is 15.1. The molecular formula is C16H27NO3. The molecule has 0 bridgehead atoms.